The van der Waals surface area contributed by atoms with Gasteiger partial charge < -0.3 is 10.1 Å². The van der Waals surface area contributed by atoms with E-state index in [1.807, 2.05) is 61.5 Å². The molecular weight excluding hydrogens is 290 g/mol. The topological polar surface area (TPSA) is 62.7 Å². The van der Waals surface area contributed by atoms with Gasteiger partial charge in [0.1, 0.15) is 11.8 Å². The van der Waals surface area contributed by atoms with Gasteiger partial charge in [-0.25, -0.2) is 5.43 Å². The van der Waals surface area contributed by atoms with Gasteiger partial charge in [-0.15, -0.1) is 0 Å². The molecule has 2 aromatic carbocycles. The summed E-state index contributed by atoms with van der Waals surface area (Å²) < 4.78 is 5.10. The summed E-state index contributed by atoms with van der Waals surface area (Å²) in [5, 5.41) is 7.26. The van der Waals surface area contributed by atoms with Crippen molar-refractivity contribution in [2.75, 3.05) is 12.4 Å². The molecule has 0 spiro atoms. The lowest BCUT2D eigenvalue weighted by Gasteiger charge is -2.14. The Hall–Kier alpha value is -2.82. The first-order valence-corrected chi connectivity index (χ1v) is 7.40. The molecule has 0 aliphatic carbocycles. The summed E-state index contributed by atoms with van der Waals surface area (Å²) in [6.45, 7) is 3.64. The number of carbonyl (C=O) groups excluding carboxylic acids is 1. The van der Waals surface area contributed by atoms with Crippen LogP contribution in [0.25, 0.3) is 0 Å². The molecule has 0 saturated carbocycles. The number of nitrogens with one attached hydrogen (secondary N) is 2. The maximum atomic E-state index is 12.1. The van der Waals surface area contributed by atoms with Crippen LogP contribution in [0.4, 0.5) is 5.69 Å². The summed E-state index contributed by atoms with van der Waals surface area (Å²) in [6, 6.07) is 16.7. The Balaban J connectivity index is 1.91. The first-order valence-electron chi connectivity index (χ1n) is 7.40. The Kier molecular flexibility index (Phi) is 5.74. The summed E-state index contributed by atoms with van der Waals surface area (Å²) in [5.74, 6) is 0.576. The van der Waals surface area contributed by atoms with E-state index in [1.165, 1.54) is 0 Å². The maximum Gasteiger partial charge on any atom is 0.262 e. The van der Waals surface area contributed by atoms with Crippen molar-refractivity contribution in [3.05, 3.63) is 60.2 Å². The third kappa shape index (κ3) is 4.85. The predicted octanol–water partition coefficient (Wildman–Crippen LogP) is 3.04. The molecule has 0 radical (unpaired) electrons. The van der Waals surface area contributed by atoms with Crippen LogP contribution in [0.2, 0.25) is 0 Å². The summed E-state index contributed by atoms with van der Waals surface area (Å²) >= 11 is 0. The van der Waals surface area contributed by atoms with E-state index < -0.39 is 6.04 Å². The van der Waals surface area contributed by atoms with E-state index in [-0.39, 0.29) is 5.91 Å². The Bertz CT molecular complexity index is 666. The van der Waals surface area contributed by atoms with Gasteiger partial charge in [0.05, 0.1) is 12.8 Å². The quantitative estimate of drug-likeness (QED) is 0.637. The minimum Gasteiger partial charge on any atom is -0.497 e. The van der Waals surface area contributed by atoms with Crippen LogP contribution in [-0.2, 0) is 4.79 Å². The van der Waals surface area contributed by atoms with E-state index in [0.717, 1.165) is 22.7 Å². The molecule has 1 atom stereocenters. The van der Waals surface area contributed by atoms with Crippen molar-refractivity contribution >= 4 is 17.3 Å². The molecule has 2 aromatic rings. The molecule has 0 saturated heterocycles. The van der Waals surface area contributed by atoms with Crippen molar-refractivity contribution in [2.24, 2.45) is 5.10 Å². The number of nitrogens with zero attached hydrogens (tertiary/aromatic N) is 1. The zero-order valence-corrected chi connectivity index (χ0v) is 13.5. The highest BCUT2D eigenvalue weighted by Crippen LogP contribution is 2.15. The van der Waals surface area contributed by atoms with Crippen molar-refractivity contribution in [3.63, 3.8) is 0 Å². The molecule has 5 nitrogen and oxygen atoms in total. The summed E-state index contributed by atoms with van der Waals surface area (Å²) in [6.07, 6.45) is 0. The van der Waals surface area contributed by atoms with Crippen LogP contribution >= 0.6 is 0 Å². The third-order valence-corrected chi connectivity index (χ3v) is 3.39. The van der Waals surface area contributed by atoms with Gasteiger partial charge in [0.2, 0.25) is 0 Å². The molecule has 0 fully saturated rings. The second-order valence-corrected chi connectivity index (χ2v) is 5.13. The fraction of sp³-hybridized carbons (Fsp3) is 0.222. The normalized spacial score (nSPS) is 12.4. The zero-order chi connectivity index (χ0) is 16.7. The lowest BCUT2D eigenvalue weighted by atomic mass is 10.1. The van der Waals surface area contributed by atoms with E-state index in [1.54, 1.807) is 14.0 Å². The molecule has 5 heteroatoms. The van der Waals surface area contributed by atoms with E-state index in [2.05, 4.69) is 15.8 Å². The van der Waals surface area contributed by atoms with Crippen LogP contribution in [0.1, 0.15) is 19.4 Å². The number of carbonyl (C=O) groups is 1. The Morgan fingerprint density at radius 1 is 1.09 bits per heavy atom. The Labute approximate surface area is 136 Å². The van der Waals surface area contributed by atoms with Crippen molar-refractivity contribution in [2.45, 2.75) is 19.9 Å². The number of hydrogen-bond donors (Lipinski definition) is 2. The molecule has 2 rings (SSSR count). The summed E-state index contributed by atoms with van der Waals surface area (Å²) in [4.78, 5) is 12.1. The molecule has 0 heterocycles. The van der Waals surface area contributed by atoms with Crippen LogP contribution in [0.15, 0.2) is 59.7 Å². The molecule has 2 N–H and O–H groups in total. The van der Waals surface area contributed by atoms with E-state index in [4.69, 9.17) is 4.74 Å². The molecule has 120 valence electrons. The lowest BCUT2D eigenvalue weighted by molar-refractivity contribution is -0.121. The largest absolute Gasteiger partial charge is 0.497 e. The highest BCUT2D eigenvalue weighted by molar-refractivity contribution is 5.99. The number of anilines is 1. The average Bonchev–Trinajstić information content (AvgIpc) is 2.60. The predicted molar refractivity (Wildman–Crippen MR) is 92.9 cm³/mol. The van der Waals surface area contributed by atoms with Crippen molar-refractivity contribution in [1.82, 2.24) is 5.43 Å². The van der Waals surface area contributed by atoms with E-state index in [9.17, 15) is 4.79 Å². The van der Waals surface area contributed by atoms with Gasteiger partial charge in [0.15, 0.2) is 0 Å². The second-order valence-electron chi connectivity index (χ2n) is 5.13. The third-order valence-electron chi connectivity index (χ3n) is 3.39. The SMILES string of the molecule is COc1ccc(N[C@@H](C)C(=O)N/N=C(/C)c2ccccc2)cc1. The molecule has 23 heavy (non-hydrogen) atoms. The van der Waals surface area contributed by atoms with Crippen molar-refractivity contribution in [1.29, 1.82) is 0 Å². The Morgan fingerprint density at radius 3 is 2.35 bits per heavy atom. The van der Waals surface area contributed by atoms with Gasteiger partial charge >= 0.3 is 0 Å². The number of hydrogen-bond acceptors (Lipinski definition) is 4. The van der Waals surface area contributed by atoms with Gasteiger partial charge in [0.25, 0.3) is 5.91 Å². The first-order chi connectivity index (χ1) is 11.1. The van der Waals surface area contributed by atoms with Crippen LogP contribution in [-0.4, -0.2) is 24.8 Å². The number of hydrazone groups is 1. The van der Waals surface area contributed by atoms with Gasteiger partial charge in [-0.2, -0.15) is 5.10 Å². The maximum absolute atomic E-state index is 12.1. The van der Waals surface area contributed by atoms with Gasteiger partial charge in [-0.3, -0.25) is 4.79 Å². The van der Waals surface area contributed by atoms with Crippen LogP contribution in [0.5, 0.6) is 5.75 Å². The van der Waals surface area contributed by atoms with E-state index in [0.29, 0.717) is 0 Å². The fourth-order valence-corrected chi connectivity index (χ4v) is 1.98. The average molecular weight is 311 g/mol. The van der Waals surface area contributed by atoms with Crippen molar-refractivity contribution in [3.8, 4) is 5.75 Å². The summed E-state index contributed by atoms with van der Waals surface area (Å²) in [7, 11) is 1.62. The fourth-order valence-electron chi connectivity index (χ4n) is 1.98. The van der Waals surface area contributed by atoms with Gasteiger partial charge in [0, 0.05) is 5.69 Å². The molecule has 0 bridgehead atoms. The smallest absolute Gasteiger partial charge is 0.262 e. The minimum atomic E-state index is -0.407. The molecule has 0 aromatic heterocycles. The van der Waals surface area contributed by atoms with Gasteiger partial charge in [-0.1, -0.05) is 30.3 Å². The van der Waals surface area contributed by atoms with Crippen LogP contribution in [0, 0.1) is 0 Å². The molecule has 0 aliphatic heterocycles. The monoisotopic (exact) mass is 311 g/mol. The van der Waals surface area contributed by atoms with Gasteiger partial charge in [-0.05, 0) is 43.7 Å². The lowest BCUT2D eigenvalue weighted by Crippen LogP contribution is -2.35. The van der Waals surface area contributed by atoms with E-state index >= 15 is 0 Å². The molecule has 0 unspecified atom stereocenters. The zero-order valence-electron chi connectivity index (χ0n) is 13.5. The molecular formula is C18H21N3O2. The number of ether oxygens (including phenoxy) is 1. The standard InChI is InChI=1S/C18H21N3O2/c1-13(15-7-5-4-6-8-15)20-21-18(22)14(2)19-16-9-11-17(23-3)12-10-16/h4-12,14,19H,1-3H3,(H,21,22)/b20-13-/t14-/m0/s1. The number of benzene rings is 2. The highest BCUT2D eigenvalue weighted by Gasteiger charge is 2.12. The molecule has 0 aliphatic rings. The van der Waals surface area contributed by atoms with Crippen LogP contribution < -0.4 is 15.5 Å². The second kappa shape index (κ2) is 7.98. The first kappa shape index (κ1) is 16.5. The number of amides is 1. The number of methoxy groups -OCH3 is 1. The summed E-state index contributed by atoms with van der Waals surface area (Å²) in [5.41, 5.74) is 5.17. The molecule has 1 amide bonds. The van der Waals surface area contributed by atoms with Crippen LogP contribution in [0.3, 0.4) is 0 Å². The highest BCUT2D eigenvalue weighted by atomic mass is 16.5. The minimum absolute atomic E-state index is 0.198. The Morgan fingerprint density at radius 2 is 1.74 bits per heavy atom. The number of rotatable bonds is 6. The van der Waals surface area contributed by atoms with Crippen molar-refractivity contribution < 1.29 is 9.53 Å².